The predicted molar refractivity (Wildman–Crippen MR) is 41.2 cm³/mol. The highest BCUT2D eigenvalue weighted by molar-refractivity contribution is 7.79. The van der Waals surface area contributed by atoms with Crippen molar-refractivity contribution in [2.75, 3.05) is 0 Å². The highest BCUT2D eigenvalue weighted by Gasteiger charge is 2.05. The second-order valence-corrected chi connectivity index (χ2v) is 2.61. The first-order valence-electron chi connectivity index (χ1n) is 3.10. The first-order valence-corrected chi connectivity index (χ1v) is 3.50. The van der Waals surface area contributed by atoms with E-state index in [1.165, 1.54) is 0 Å². The molecule has 8 heavy (non-hydrogen) atoms. The maximum absolute atomic E-state index is 4.70. The van der Waals surface area contributed by atoms with Crippen molar-refractivity contribution in [1.82, 2.24) is 0 Å². The molecule has 0 rings (SSSR count). The zero-order valence-electron chi connectivity index (χ0n) is 5.77. The summed E-state index contributed by atoms with van der Waals surface area (Å²) in [5, 5.41) is 2.83. The van der Waals surface area contributed by atoms with Crippen LogP contribution in [-0.4, -0.2) is 5.37 Å². The van der Waals surface area contributed by atoms with E-state index in [1.54, 1.807) is 0 Å². The van der Waals surface area contributed by atoms with Crippen molar-refractivity contribution >= 4 is 17.6 Å². The summed E-state index contributed by atoms with van der Waals surface area (Å²) < 4.78 is 0. The van der Waals surface area contributed by atoms with Crippen LogP contribution < -0.4 is 0 Å². The van der Waals surface area contributed by atoms with Gasteiger partial charge in [-0.3, -0.25) is 0 Å². The molecule has 0 nitrogen and oxygen atoms in total. The van der Waals surface area contributed by atoms with Gasteiger partial charge in [0.15, 0.2) is 0 Å². The van der Waals surface area contributed by atoms with Gasteiger partial charge in [0.2, 0.25) is 0 Å². The minimum atomic E-state index is 0.519. The predicted octanol–water partition coefficient (Wildman–Crippen LogP) is 2.55. The molecule has 0 bridgehead atoms. The molecule has 0 spiro atoms. The second kappa shape index (κ2) is 4.02. The van der Waals surface area contributed by atoms with Crippen molar-refractivity contribution < 1.29 is 0 Å². The van der Waals surface area contributed by atoms with Crippen LogP contribution in [0.5, 0.6) is 0 Å². The van der Waals surface area contributed by atoms with Gasteiger partial charge in [-0.25, -0.2) is 0 Å². The van der Waals surface area contributed by atoms with Crippen LogP contribution in [0.4, 0.5) is 0 Å². The fourth-order valence-electron chi connectivity index (χ4n) is 0.691. The van der Waals surface area contributed by atoms with Crippen molar-refractivity contribution in [2.45, 2.75) is 27.2 Å². The van der Waals surface area contributed by atoms with Gasteiger partial charge in [-0.15, -0.1) is 0 Å². The van der Waals surface area contributed by atoms with Crippen molar-refractivity contribution in [3.63, 3.8) is 0 Å². The summed E-state index contributed by atoms with van der Waals surface area (Å²) in [5.41, 5.74) is 0. The van der Waals surface area contributed by atoms with E-state index in [-0.39, 0.29) is 0 Å². The second-order valence-electron chi connectivity index (χ2n) is 2.38. The Hall–Kier alpha value is 0.0900. The van der Waals surface area contributed by atoms with E-state index in [1.807, 2.05) is 0 Å². The number of hydrogen-bond acceptors (Lipinski definition) is 1. The molecule has 1 heteroatoms. The standard InChI is InChI=1S/C7H13S/c1-4-7(5-8)6(2)3/h6-7H,4H2,1-3H3. The maximum Gasteiger partial charge on any atom is 0.0327 e. The maximum atomic E-state index is 4.70. The molecule has 0 aromatic heterocycles. The van der Waals surface area contributed by atoms with Crippen molar-refractivity contribution in [3.05, 3.63) is 0 Å². The molecule has 0 aliphatic rings. The lowest BCUT2D eigenvalue weighted by molar-refractivity contribution is 0.493. The van der Waals surface area contributed by atoms with Gasteiger partial charge in [0.25, 0.3) is 0 Å². The highest BCUT2D eigenvalue weighted by atomic mass is 32.1. The Morgan fingerprint density at radius 1 is 1.50 bits per heavy atom. The van der Waals surface area contributed by atoms with Crippen LogP contribution in [-0.2, 0) is 0 Å². The molecule has 1 unspecified atom stereocenters. The molecule has 0 aliphatic carbocycles. The molecule has 1 atom stereocenters. The molecule has 0 saturated carbocycles. The molecule has 0 aromatic carbocycles. The largest absolute Gasteiger partial charge is 0.0834 e. The third-order valence-electron chi connectivity index (χ3n) is 1.40. The first-order chi connectivity index (χ1) is 3.72. The van der Waals surface area contributed by atoms with Gasteiger partial charge in [-0.05, 0) is 18.3 Å². The van der Waals surface area contributed by atoms with E-state index in [2.05, 4.69) is 26.1 Å². The monoisotopic (exact) mass is 129 g/mol. The molecule has 0 fully saturated rings. The van der Waals surface area contributed by atoms with Gasteiger partial charge in [-0.1, -0.05) is 33.0 Å². The summed E-state index contributed by atoms with van der Waals surface area (Å²) in [5.74, 6) is 1.18. The lowest BCUT2D eigenvalue weighted by Gasteiger charge is -2.10. The molecule has 0 saturated heterocycles. The van der Waals surface area contributed by atoms with Gasteiger partial charge >= 0.3 is 0 Å². The van der Waals surface area contributed by atoms with Crippen LogP contribution in [0, 0.1) is 11.8 Å². The minimum absolute atomic E-state index is 0.519. The van der Waals surface area contributed by atoms with Crippen molar-refractivity contribution in [2.24, 2.45) is 11.8 Å². The quantitative estimate of drug-likeness (QED) is 0.528. The number of hydrogen-bond donors (Lipinski definition) is 0. The van der Waals surface area contributed by atoms with Gasteiger partial charge in [0.05, 0.1) is 0 Å². The zero-order chi connectivity index (χ0) is 6.57. The SMILES string of the molecule is CCC([C]=S)C(C)C. The first kappa shape index (κ1) is 8.09. The topological polar surface area (TPSA) is 0 Å². The van der Waals surface area contributed by atoms with Crippen molar-refractivity contribution in [1.29, 1.82) is 0 Å². The molecule has 0 N–H and O–H groups in total. The number of thiocarbonyl (C=S) groups is 1. The van der Waals surface area contributed by atoms with E-state index >= 15 is 0 Å². The molecular formula is C7H13S. The smallest absolute Gasteiger partial charge is 0.0327 e. The third kappa shape index (κ3) is 2.41. The summed E-state index contributed by atoms with van der Waals surface area (Å²) in [6.45, 7) is 6.49. The van der Waals surface area contributed by atoms with E-state index in [9.17, 15) is 0 Å². The Morgan fingerprint density at radius 2 is 2.00 bits per heavy atom. The lowest BCUT2D eigenvalue weighted by atomic mass is 9.96. The van der Waals surface area contributed by atoms with Gasteiger partial charge in [0.1, 0.15) is 0 Å². The Bertz CT molecular complexity index is 66.8. The Morgan fingerprint density at radius 3 is 2.00 bits per heavy atom. The molecular weight excluding hydrogens is 116 g/mol. The molecule has 0 heterocycles. The Labute approximate surface area is 57.3 Å². The zero-order valence-corrected chi connectivity index (χ0v) is 6.59. The van der Waals surface area contributed by atoms with E-state index in [4.69, 9.17) is 12.2 Å². The molecule has 1 radical (unpaired) electrons. The van der Waals surface area contributed by atoms with Crippen LogP contribution in [0.15, 0.2) is 0 Å². The summed E-state index contributed by atoms with van der Waals surface area (Å²) in [6.07, 6.45) is 1.13. The summed E-state index contributed by atoms with van der Waals surface area (Å²) in [7, 11) is 0. The molecule has 47 valence electrons. The van der Waals surface area contributed by atoms with E-state index in [0.29, 0.717) is 11.8 Å². The fourth-order valence-corrected chi connectivity index (χ4v) is 1.13. The van der Waals surface area contributed by atoms with Crippen LogP contribution in [0.1, 0.15) is 27.2 Å². The van der Waals surface area contributed by atoms with Crippen LogP contribution >= 0.6 is 12.2 Å². The number of rotatable bonds is 3. The average Bonchev–Trinajstić information content (AvgIpc) is 1.69. The third-order valence-corrected chi connectivity index (χ3v) is 1.70. The van der Waals surface area contributed by atoms with E-state index < -0.39 is 0 Å². The molecule has 0 aliphatic heterocycles. The highest BCUT2D eigenvalue weighted by Crippen LogP contribution is 2.11. The van der Waals surface area contributed by atoms with Gasteiger partial charge in [0, 0.05) is 5.37 Å². The Balaban J connectivity index is 3.51. The molecule has 0 aromatic rings. The summed E-state index contributed by atoms with van der Waals surface area (Å²) in [6, 6.07) is 0. The van der Waals surface area contributed by atoms with Gasteiger partial charge < -0.3 is 0 Å². The minimum Gasteiger partial charge on any atom is -0.0834 e. The summed E-state index contributed by atoms with van der Waals surface area (Å²) in [4.78, 5) is 0. The summed E-state index contributed by atoms with van der Waals surface area (Å²) >= 11 is 4.70. The normalized spacial score (nSPS) is 14.0. The fraction of sp³-hybridized carbons (Fsp3) is 0.857. The van der Waals surface area contributed by atoms with Crippen LogP contribution in [0.25, 0.3) is 0 Å². The van der Waals surface area contributed by atoms with Gasteiger partial charge in [-0.2, -0.15) is 0 Å². The van der Waals surface area contributed by atoms with E-state index in [0.717, 1.165) is 6.42 Å². The Kier molecular flexibility index (Phi) is 4.06. The average molecular weight is 129 g/mol. The molecule has 0 amide bonds. The lowest BCUT2D eigenvalue weighted by Crippen LogP contribution is -2.06. The van der Waals surface area contributed by atoms with Crippen LogP contribution in [0.2, 0.25) is 0 Å². The van der Waals surface area contributed by atoms with Crippen molar-refractivity contribution in [3.8, 4) is 0 Å². The van der Waals surface area contributed by atoms with Crippen LogP contribution in [0.3, 0.4) is 0 Å².